The third kappa shape index (κ3) is 2.81. The predicted molar refractivity (Wildman–Crippen MR) is 88.6 cm³/mol. The van der Waals surface area contributed by atoms with Gasteiger partial charge in [0.05, 0.1) is 10.8 Å². The molecule has 21 heavy (non-hydrogen) atoms. The van der Waals surface area contributed by atoms with E-state index in [4.69, 9.17) is 5.73 Å². The minimum Gasteiger partial charge on any atom is -0.366 e. The van der Waals surface area contributed by atoms with Gasteiger partial charge in [-0.25, -0.2) is 8.42 Å². The molecule has 2 atom stereocenters. The number of anilines is 1. The second-order valence-corrected chi connectivity index (χ2v) is 8.60. The van der Waals surface area contributed by atoms with Crippen LogP contribution in [0.15, 0.2) is 18.2 Å². The van der Waals surface area contributed by atoms with E-state index in [2.05, 4.69) is 36.9 Å². The Kier molecular flexibility index (Phi) is 4.36. The molecule has 1 saturated carbocycles. The molecule has 0 heterocycles. The standard InChI is InChI=1S/C16H26N2O2S/c1-12-7-8-14(13(2)10-12)18(3)16(11-17)9-5-6-15(16)21(4,19)20/h7-8,10,15H,5-6,9,11,17H2,1-4H3. The van der Waals surface area contributed by atoms with Gasteiger partial charge >= 0.3 is 0 Å². The Labute approximate surface area is 128 Å². The van der Waals surface area contributed by atoms with Crippen LogP contribution in [-0.4, -0.2) is 39.1 Å². The van der Waals surface area contributed by atoms with Crippen LogP contribution in [0.1, 0.15) is 30.4 Å². The van der Waals surface area contributed by atoms with E-state index in [9.17, 15) is 8.42 Å². The van der Waals surface area contributed by atoms with Crippen LogP contribution in [0.5, 0.6) is 0 Å². The van der Waals surface area contributed by atoms with Gasteiger partial charge in [0.25, 0.3) is 0 Å². The maximum atomic E-state index is 12.2. The summed E-state index contributed by atoms with van der Waals surface area (Å²) < 4.78 is 24.4. The van der Waals surface area contributed by atoms with Gasteiger partial charge in [-0.3, -0.25) is 0 Å². The number of aryl methyl sites for hydroxylation is 2. The zero-order valence-electron chi connectivity index (χ0n) is 13.4. The van der Waals surface area contributed by atoms with Crippen molar-refractivity contribution in [2.24, 2.45) is 5.73 Å². The number of rotatable bonds is 4. The number of benzene rings is 1. The first-order valence-corrected chi connectivity index (χ1v) is 9.38. The topological polar surface area (TPSA) is 63.4 Å². The van der Waals surface area contributed by atoms with Crippen molar-refractivity contribution in [3.8, 4) is 0 Å². The van der Waals surface area contributed by atoms with Crippen molar-refractivity contribution in [2.75, 3.05) is 24.7 Å². The van der Waals surface area contributed by atoms with E-state index in [0.29, 0.717) is 13.0 Å². The summed E-state index contributed by atoms with van der Waals surface area (Å²) in [4.78, 5) is 2.11. The van der Waals surface area contributed by atoms with Gasteiger partial charge in [0, 0.05) is 25.5 Å². The van der Waals surface area contributed by atoms with Crippen LogP contribution in [0.4, 0.5) is 5.69 Å². The summed E-state index contributed by atoms with van der Waals surface area (Å²) in [6.45, 7) is 4.48. The van der Waals surface area contributed by atoms with Gasteiger partial charge in [-0.2, -0.15) is 0 Å². The van der Waals surface area contributed by atoms with E-state index in [1.54, 1.807) is 0 Å². The molecule has 2 unspecified atom stereocenters. The van der Waals surface area contributed by atoms with Gasteiger partial charge in [0.1, 0.15) is 0 Å². The zero-order valence-corrected chi connectivity index (χ0v) is 14.2. The number of sulfone groups is 1. The van der Waals surface area contributed by atoms with Gasteiger partial charge in [-0.1, -0.05) is 17.7 Å². The lowest BCUT2D eigenvalue weighted by molar-refractivity contribution is 0.420. The third-order valence-corrected chi connectivity index (χ3v) is 6.64. The number of nitrogens with two attached hydrogens (primary N) is 1. The molecular weight excluding hydrogens is 284 g/mol. The van der Waals surface area contributed by atoms with Crippen LogP contribution in [0.2, 0.25) is 0 Å². The normalized spacial score (nSPS) is 26.0. The molecule has 118 valence electrons. The van der Waals surface area contributed by atoms with Crippen LogP contribution in [0.3, 0.4) is 0 Å². The first-order chi connectivity index (χ1) is 9.72. The summed E-state index contributed by atoms with van der Waals surface area (Å²) in [5.74, 6) is 0. The van der Waals surface area contributed by atoms with Crippen molar-refractivity contribution >= 4 is 15.5 Å². The Morgan fingerprint density at radius 3 is 2.57 bits per heavy atom. The monoisotopic (exact) mass is 310 g/mol. The van der Waals surface area contributed by atoms with E-state index in [1.165, 1.54) is 11.8 Å². The van der Waals surface area contributed by atoms with E-state index in [1.807, 2.05) is 7.05 Å². The van der Waals surface area contributed by atoms with Crippen molar-refractivity contribution in [1.82, 2.24) is 0 Å². The molecule has 0 aliphatic heterocycles. The molecule has 1 aromatic carbocycles. The smallest absolute Gasteiger partial charge is 0.152 e. The van der Waals surface area contributed by atoms with Crippen molar-refractivity contribution in [3.05, 3.63) is 29.3 Å². The summed E-state index contributed by atoms with van der Waals surface area (Å²) in [6.07, 6.45) is 3.77. The molecular formula is C16H26N2O2S. The molecule has 1 aromatic rings. The van der Waals surface area contributed by atoms with Crippen LogP contribution < -0.4 is 10.6 Å². The van der Waals surface area contributed by atoms with E-state index in [0.717, 1.165) is 24.1 Å². The molecule has 2 rings (SSSR count). The molecule has 0 bridgehead atoms. The molecule has 0 spiro atoms. The third-order valence-electron chi connectivity index (χ3n) is 4.93. The lowest BCUT2D eigenvalue weighted by atomic mass is 9.93. The Morgan fingerprint density at radius 1 is 1.38 bits per heavy atom. The molecule has 0 radical (unpaired) electrons. The molecule has 5 heteroatoms. The van der Waals surface area contributed by atoms with Gasteiger partial charge in [-0.05, 0) is 44.7 Å². The molecule has 1 aliphatic rings. The van der Waals surface area contributed by atoms with Gasteiger partial charge in [0.15, 0.2) is 9.84 Å². The van der Waals surface area contributed by atoms with Gasteiger partial charge in [-0.15, -0.1) is 0 Å². The summed E-state index contributed by atoms with van der Waals surface area (Å²) in [6, 6.07) is 6.26. The van der Waals surface area contributed by atoms with Crippen molar-refractivity contribution in [1.29, 1.82) is 0 Å². The fraction of sp³-hybridized carbons (Fsp3) is 0.625. The van der Waals surface area contributed by atoms with Crippen LogP contribution in [0, 0.1) is 13.8 Å². The first-order valence-electron chi connectivity index (χ1n) is 7.42. The fourth-order valence-corrected chi connectivity index (χ4v) is 5.58. The maximum absolute atomic E-state index is 12.2. The van der Waals surface area contributed by atoms with E-state index in [-0.39, 0.29) is 5.25 Å². The Balaban J connectivity index is 2.49. The summed E-state index contributed by atoms with van der Waals surface area (Å²) in [7, 11) is -1.14. The van der Waals surface area contributed by atoms with Crippen molar-refractivity contribution in [2.45, 2.75) is 43.9 Å². The molecule has 0 amide bonds. The highest BCUT2D eigenvalue weighted by Gasteiger charge is 2.50. The SMILES string of the molecule is Cc1ccc(N(C)C2(CN)CCCC2S(C)(=O)=O)c(C)c1. The highest BCUT2D eigenvalue weighted by molar-refractivity contribution is 7.91. The molecule has 1 aliphatic carbocycles. The number of hydrogen-bond donors (Lipinski definition) is 1. The van der Waals surface area contributed by atoms with Crippen LogP contribution in [-0.2, 0) is 9.84 Å². The summed E-state index contributed by atoms with van der Waals surface area (Å²) >= 11 is 0. The number of hydrogen-bond acceptors (Lipinski definition) is 4. The molecule has 0 aromatic heterocycles. The quantitative estimate of drug-likeness (QED) is 0.924. The van der Waals surface area contributed by atoms with Crippen LogP contribution >= 0.6 is 0 Å². The Bertz CT molecular complexity index is 627. The molecule has 0 saturated heterocycles. The molecule has 1 fully saturated rings. The van der Waals surface area contributed by atoms with Crippen molar-refractivity contribution < 1.29 is 8.42 Å². The second kappa shape index (κ2) is 5.61. The van der Waals surface area contributed by atoms with Gasteiger partial charge in [0.2, 0.25) is 0 Å². The van der Waals surface area contributed by atoms with Crippen LogP contribution in [0.25, 0.3) is 0 Å². The summed E-state index contributed by atoms with van der Waals surface area (Å²) in [5.41, 5.74) is 9.01. The Hall–Kier alpha value is -1.07. The van der Waals surface area contributed by atoms with Crippen molar-refractivity contribution in [3.63, 3.8) is 0 Å². The number of likely N-dealkylation sites (N-methyl/N-ethyl adjacent to an activating group) is 1. The highest BCUT2D eigenvalue weighted by Crippen LogP contribution is 2.41. The predicted octanol–water partition coefficient (Wildman–Crippen LogP) is 2.03. The fourth-order valence-electron chi connectivity index (χ4n) is 3.81. The average Bonchev–Trinajstić information content (AvgIpc) is 2.83. The number of nitrogens with zero attached hydrogens (tertiary/aromatic N) is 1. The second-order valence-electron chi connectivity index (χ2n) is 6.37. The van der Waals surface area contributed by atoms with E-state index >= 15 is 0 Å². The lowest BCUT2D eigenvalue weighted by Gasteiger charge is -2.44. The van der Waals surface area contributed by atoms with Gasteiger partial charge < -0.3 is 10.6 Å². The molecule has 2 N–H and O–H groups in total. The summed E-state index contributed by atoms with van der Waals surface area (Å²) in [5, 5.41) is -0.388. The first kappa shape index (κ1) is 16.3. The minimum absolute atomic E-state index is 0.356. The highest BCUT2D eigenvalue weighted by atomic mass is 32.2. The minimum atomic E-state index is -3.12. The molecule has 4 nitrogen and oxygen atoms in total. The average molecular weight is 310 g/mol. The zero-order chi connectivity index (χ0) is 15.8. The Morgan fingerprint density at radius 2 is 2.05 bits per heavy atom. The maximum Gasteiger partial charge on any atom is 0.152 e. The largest absolute Gasteiger partial charge is 0.366 e. The van der Waals surface area contributed by atoms with E-state index < -0.39 is 15.4 Å². The lowest BCUT2D eigenvalue weighted by Crippen LogP contribution is -2.59.